The largest absolute Gasteiger partial charge is 0.463 e. The summed E-state index contributed by atoms with van der Waals surface area (Å²) in [5.74, 6) is -0.776. The van der Waals surface area contributed by atoms with Gasteiger partial charge in [0.1, 0.15) is 0 Å². The molecular weight excluding hydrogens is 220 g/mol. The Bertz CT molecular complexity index is 433. The van der Waals surface area contributed by atoms with E-state index in [2.05, 4.69) is 9.84 Å². The lowest BCUT2D eigenvalue weighted by Gasteiger charge is -2.02. The molecule has 0 fully saturated rings. The first-order chi connectivity index (χ1) is 8.04. The van der Waals surface area contributed by atoms with E-state index in [0.29, 0.717) is 12.2 Å². The minimum atomic E-state index is -0.517. The molecule has 5 heteroatoms. The number of ketones is 1. The molecule has 0 saturated carbocycles. The maximum atomic E-state index is 11.6. The molecule has 92 valence electrons. The number of hydrogen-bond acceptors (Lipinski definition) is 4. The third-order valence-electron chi connectivity index (χ3n) is 2.07. The summed E-state index contributed by atoms with van der Waals surface area (Å²) in [5, 5.41) is 4.05. The van der Waals surface area contributed by atoms with Crippen molar-refractivity contribution in [2.75, 3.05) is 6.61 Å². The zero-order valence-corrected chi connectivity index (χ0v) is 10.2. The number of allylic oxidation sites excluding steroid dienone is 1. The fourth-order valence-electron chi connectivity index (χ4n) is 1.18. The lowest BCUT2D eigenvalue weighted by atomic mass is 10.2. The van der Waals surface area contributed by atoms with Crippen LogP contribution in [0.1, 0.15) is 37.2 Å². The summed E-state index contributed by atoms with van der Waals surface area (Å²) in [5.41, 5.74) is 0.458. The molecule has 1 aromatic rings. The number of nitrogens with zero attached hydrogens (tertiary/aromatic N) is 2. The van der Waals surface area contributed by atoms with Gasteiger partial charge in [0.25, 0.3) is 0 Å². The number of carbonyl (C=O) groups is 2. The number of carbonyl (C=O) groups excluding carboxylic acids is 2. The number of aromatic nitrogens is 2. The molecule has 1 rings (SSSR count). The normalized spacial score (nSPS) is 11.1. The van der Waals surface area contributed by atoms with Gasteiger partial charge in [-0.2, -0.15) is 5.10 Å². The highest BCUT2D eigenvalue weighted by Gasteiger charge is 2.07. The summed E-state index contributed by atoms with van der Waals surface area (Å²) in [6, 6.07) is 0.200. The standard InChI is InChI=1S/C12H16N2O3/c1-4-17-12(16)6-5-11(15)10-7-13-14(8-10)9(2)3/h5-9H,4H2,1-3H3. The van der Waals surface area contributed by atoms with Gasteiger partial charge < -0.3 is 4.74 Å². The number of hydrogen-bond donors (Lipinski definition) is 0. The Morgan fingerprint density at radius 1 is 1.47 bits per heavy atom. The zero-order chi connectivity index (χ0) is 12.8. The molecule has 17 heavy (non-hydrogen) atoms. The molecular formula is C12H16N2O3. The van der Waals surface area contributed by atoms with Crippen LogP contribution in [0.5, 0.6) is 0 Å². The summed E-state index contributed by atoms with van der Waals surface area (Å²) in [4.78, 5) is 22.7. The summed E-state index contributed by atoms with van der Waals surface area (Å²) in [6.07, 6.45) is 5.46. The topological polar surface area (TPSA) is 61.2 Å². The van der Waals surface area contributed by atoms with Crippen LogP contribution >= 0.6 is 0 Å². The Morgan fingerprint density at radius 3 is 2.71 bits per heavy atom. The SMILES string of the molecule is CCOC(=O)C=CC(=O)c1cnn(C(C)C)c1. The van der Waals surface area contributed by atoms with Gasteiger partial charge in [-0.3, -0.25) is 9.48 Å². The lowest BCUT2D eigenvalue weighted by molar-refractivity contribution is -0.137. The molecule has 0 aliphatic rings. The zero-order valence-electron chi connectivity index (χ0n) is 10.2. The second-order valence-electron chi connectivity index (χ2n) is 3.75. The van der Waals surface area contributed by atoms with Crippen molar-refractivity contribution in [2.45, 2.75) is 26.8 Å². The molecule has 0 aromatic carbocycles. The van der Waals surface area contributed by atoms with E-state index in [1.54, 1.807) is 17.8 Å². The lowest BCUT2D eigenvalue weighted by Crippen LogP contribution is -2.02. The minimum Gasteiger partial charge on any atom is -0.463 e. The number of ether oxygens (including phenoxy) is 1. The van der Waals surface area contributed by atoms with Gasteiger partial charge in [0, 0.05) is 18.3 Å². The van der Waals surface area contributed by atoms with Crippen LogP contribution in [0, 0.1) is 0 Å². The minimum absolute atomic E-state index is 0.200. The first kappa shape index (κ1) is 13.2. The van der Waals surface area contributed by atoms with Crippen LogP contribution < -0.4 is 0 Å². The maximum Gasteiger partial charge on any atom is 0.330 e. The van der Waals surface area contributed by atoms with Crippen LogP contribution in [-0.4, -0.2) is 28.1 Å². The van der Waals surface area contributed by atoms with Gasteiger partial charge in [0.05, 0.1) is 18.4 Å². The van der Waals surface area contributed by atoms with Crippen molar-refractivity contribution >= 4 is 11.8 Å². The Labute approximate surface area is 100 Å². The number of esters is 1. The average Bonchev–Trinajstić information content (AvgIpc) is 2.75. The van der Waals surface area contributed by atoms with Crippen molar-refractivity contribution in [1.82, 2.24) is 9.78 Å². The van der Waals surface area contributed by atoms with E-state index in [1.807, 2.05) is 13.8 Å². The van der Waals surface area contributed by atoms with Crippen molar-refractivity contribution in [3.05, 3.63) is 30.1 Å². The van der Waals surface area contributed by atoms with Crippen LogP contribution in [0.3, 0.4) is 0 Å². The highest BCUT2D eigenvalue weighted by Crippen LogP contribution is 2.06. The predicted molar refractivity (Wildman–Crippen MR) is 62.7 cm³/mol. The Kier molecular flexibility index (Phi) is 4.63. The molecule has 0 spiro atoms. The quantitative estimate of drug-likeness (QED) is 0.444. The molecule has 1 aromatic heterocycles. The molecule has 0 N–H and O–H groups in total. The van der Waals surface area contributed by atoms with Gasteiger partial charge in [-0.25, -0.2) is 4.79 Å². The van der Waals surface area contributed by atoms with Crippen LogP contribution in [-0.2, 0) is 9.53 Å². The van der Waals surface area contributed by atoms with E-state index in [9.17, 15) is 9.59 Å². The molecule has 0 atom stereocenters. The van der Waals surface area contributed by atoms with E-state index >= 15 is 0 Å². The molecule has 0 amide bonds. The Morgan fingerprint density at radius 2 is 2.18 bits per heavy atom. The van der Waals surface area contributed by atoms with Crippen LogP contribution in [0.25, 0.3) is 0 Å². The molecule has 0 bridgehead atoms. The monoisotopic (exact) mass is 236 g/mol. The predicted octanol–water partition coefficient (Wildman–Crippen LogP) is 1.77. The first-order valence-corrected chi connectivity index (χ1v) is 5.48. The highest BCUT2D eigenvalue weighted by atomic mass is 16.5. The fraction of sp³-hybridized carbons (Fsp3) is 0.417. The van der Waals surface area contributed by atoms with E-state index < -0.39 is 5.97 Å². The summed E-state index contributed by atoms with van der Waals surface area (Å²) in [6.45, 7) is 5.94. The third-order valence-corrected chi connectivity index (χ3v) is 2.07. The van der Waals surface area contributed by atoms with Crippen molar-refractivity contribution in [3.63, 3.8) is 0 Å². The highest BCUT2D eigenvalue weighted by molar-refractivity contribution is 6.06. The van der Waals surface area contributed by atoms with E-state index in [-0.39, 0.29) is 11.8 Å². The van der Waals surface area contributed by atoms with E-state index in [0.717, 1.165) is 6.08 Å². The van der Waals surface area contributed by atoms with Gasteiger partial charge in [-0.1, -0.05) is 0 Å². The smallest absolute Gasteiger partial charge is 0.330 e. The molecule has 0 aliphatic heterocycles. The summed E-state index contributed by atoms with van der Waals surface area (Å²) in [7, 11) is 0. The fourth-order valence-corrected chi connectivity index (χ4v) is 1.18. The third kappa shape index (κ3) is 3.86. The van der Waals surface area contributed by atoms with Crippen molar-refractivity contribution in [1.29, 1.82) is 0 Å². The molecule has 5 nitrogen and oxygen atoms in total. The second-order valence-corrected chi connectivity index (χ2v) is 3.75. The molecule has 0 radical (unpaired) electrons. The maximum absolute atomic E-state index is 11.6. The van der Waals surface area contributed by atoms with E-state index in [4.69, 9.17) is 0 Å². The van der Waals surface area contributed by atoms with E-state index in [1.165, 1.54) is 12.3 Å². The Balaban J connectivity index is 2.66. The van der Waals surface area contributed by atoms with Crippen molar-refractivity contribution in [2.24, 2.45) is 0 Å². The van der Waals surface area contributed by atoms with Gasteiger partial charge in [-0.05, 0) is 26.8 Å². The Hall–Kier alpha value is -1.91. The van der Waals surface area contributed by atoms with Crippen LogP contribution in [0.2, 0.25) is 0 Å². The van der Waals surface area contributed by atoms with Crippen molar-refractivity contribution < 1.29 is 14.3 Å². The number of rotatable bonds is 5. The molecule has 1 heterocycles. The summed E-state index contributed by atoms with van der Waals surface area (Å²) >= 11 is 0. The first-order valence-electron chi connectivity index (χ1n) is 5.48. The van der Waals surface area contributed by atoms with Gasteiger partial charge >= 0.3 is 5.97 Å². The molecule has 0 aliphatic carbocycles. The summed E-state index contributed by atoms with van der Waals surface area (Å²) < 4.78 is 6.36. The molecule has 0 unspecified atom stereocenters. The molecule has 0 saturated heterocycles. The van der Waals surface area contributed by atoms with Crippen LogP contribution in [0.15, 0.2) is 24.5 Å². The van der Waals surface area contributed by atoms with Crippen molar-refractivity contribution in [3.8, 4) is 0 Å². The van der Waals surface area contributed by atoms with Crippen LogP contribution in [0.4, 0.5) is 0 Å². The van der Waals surface area contributed by atoms with Gasteiger partial charge in [0.15, 0.2) is 5.78 Å². The van der Waals surface area contributed by atoms with Gasteiger partial charge in [0.2, 0.25) is 0 Å². The second kappa shape index (κ2) is 5.98. The van der Waals surface area contributed by atoms with Gasteiger partial charge in [-0.15, -0.1) is 0 Å². The average molecular weight is 236 g/mol.